The van der Waals surface area contributed by atoms with Crippen molar-refractivity contribution in [2.45, 2.75) is 18.2 Å². The van der Waals surface area contributed by atoms with Crippen LogP contribution in [0.2, 0.25) is 0 Å². The van der Waals surface area contributed by atoms with Gasteiger partial charge < -0.3 is 19.8 Å². The molecule has 23 heavy (non-hydrogen) atoms. The summed E-state index contributed by atoms with van der Waals surface area (Å²) in [5.74, 6) is -0.553. The molecular formula is C16H24N2O4S. The quantitative estimate of drug-likeness (QED) is 0.699. The monoisotopic (exact) mass is 340 g/mol. The van der Waals surface area contributed by atoms with Crippen molar-refractivity contribution >= 4 is 17.9 Å². The Kier molecular flexibility index (Phi) is 7.16. The van der Waals surface area contributed by atoms with Crippen molar-refractivity contribution in [1.29, 1.82) is 0 Å². The number of ether oxygens (including phenoxy) is 1. The van der Waals surface area contributed by atoms with E-state index in [0.29, 0.717) is 12.4 Å². The fourth-order valence-corrected chi connectivity index (χ4v) is 3.45. The minimum absolute atomic E-state index is 0.207. The smallest absolute Gasteiger partial charge is 0.339 e. The number of nitrogens with zero attached hydrogens (tertiary/aromatic N) is 2. The van der Waals surface area contributed by atoms with Crippen molar-refractivity contribution in [3.63, 3.8) is 0 Å². The number of rotatable bonds is 8. The topological polar surface area (TPSA) is 73.2 Å². The summed E-state index contributed by atoms with van der Waals surface area (Å²) >= 11 is 1.59. The van der Waals surface area contributed by atoms with Gasteiger partial charge in [-0.25, -0.2) is 9.10 Å². The maximum Gasteiger partial charge on any atom is 0.339 e. The third-order valence-electron chi connectivity index (χ3n) is 3.68. The SMILES string of the molecule is CCOc1ccc(SN2CCN(CCCO)CC2)cc1C(=O)O. The lowest BCUT2D eigenvalue weighted by Gasteiger charge is -2.33. The molecule has 0 unspecified atom stereocenters. The van der Waals surface area contributed by atoms with Crippen molar-refractivity contribution in [2.24, 2.45) is 0 Å². The van der Waals surface area contributed by atoms with E-state index in [2.05, 4.69) is 9.21 Å². The molecule has 0 bridgehead atoms. The zero-order valence-electron chi connectivity index (χ0n) is 13.4. The van der Waals surface area contributed by atoms with Gasteiger partial charge in [-0.3, -0.25) is 0 Å². The van der Waals surface area contributed by atoms with Gasteiger partial charge in [0.05, 0.1) is 6.61 Å². The number of piperazine rings is 1. The van der Waals surface area contributed by atoms with Crippen LogP contribution in [0.15, 0.2) is 23.1 Å². The molecule has 2 rings (SSSR count). The predicted molar refractivity (Wildman–Crippen MR) is 90.1 cm³/mol. The van der Waals surface area contributed by atoms with Gasteiger partial charge in [-0.15, -0.1) is 0 Å². The molecule has 6 nitrogen and oxygen atoms in total. The molecule has 1 heterocycles. The molecule has 0 radical (unpaired) electrons. The molecular weight excluding hydrogens is 316 g/mol. The summed E-state index contributed by atoms with van der Waals surface area (Å²) < 4.78 is 7.61. The summed E-state index contributed by atoms with van der Waals surface area (Å²) in [7, 11) is 0. The van der Waals surface area contributed by atoms with E-state index in [1.165, 1.54) is 0 Å². The zero-order valence-corrected chi connectivity index (χ0v) is 14.2. The first-order valence-corrected chi connectivity index (χ1v) is 8.67. The number of carboxylic acid groups (broad SMARTS) is 1. The van der Waals surface area contributed by atoms with Gasteiger partial charge in [-0.05, 0) is 43.5 Å². The van der Waals surface area contributed by atoms with Crippen LogP contribution in [0, 0.1) is 0 Å². The number of aliphatic hydroxyl groups excluding tert-OH is 1. The van der Waals surface area contributed by atoms with Gasteiger partial charge in [-0.2, -0.15) is 0 Å². The second-order valence-electron chi connectivity index (χ2n) is 5.34. The molecule has 0 saturated carbocycles. The zero-order chi connectivity index (χ0) is 16.7. The van der Waals surface area contributed by atoms with E-state index in [9.17, 15) is 9.90 Å². The van der Waals surface area contributed by atoms with Crippen LogP contribution < -0.4 is 4.74 Å². The van der Waals surface area contributed by atoms with Gasteiger partial charge in [-0.1, -0.05) is 0 Å². The largest absolute Gasteiger partial charge is 0.493 e. The molecule has 1 aliphatic rings. The molecule has 0 aliphatic carbocycles. The molecule has 1 saturated heterocycles. The Bertz CT molecular complexity index is 519. The molecule has 1 aromatic carbocycles. The normalized spacial score (nSPS) is 16.4. The fraction of sp³-hybridized carbons (Fsp3) is 0.562. The number of carboxylic acids is 1. The third kappa shape index (κ3) is 5.39. The van der Waals surface area contributed by atoms with E-state index in [1.54, 1.807) is 24.1 Å². The molecule has 1 aliphatic heterocycles. The van der Waals surface area contributed by atoms with Crippen LogP contribution in [0.25, 0.3) is 0 Å². The number of hydrogen-bond donors (Lipinski definition) is 2. The van der Waals surface area contributed by atoms with Gasteiger partial charge in [0, 0.05) is 44.2 Å². The highest BCUT2D eigenvalue weighted by Gasteiger charge is 2.19. The summed E-state index contributed by atoms with van der Waals surface area (Å²) in [6.07, 6.45) is 0.813. The van der Waals surface area contributed by atoms with E-state index in [-0.39, 0.29) is 12.2 Å². The van der Waals surface area contributed by atoms with E-state index in [0.717, 1.165) is 44.0 Å². The lowest BCUT2D eigenvalue weighted by atomic mass is 10.2. The Morgan fingerprint density at radius 2 is 2.04 bits per heavy atom. The first-order valence-electron chi connectivity index (χ1n) is 7.90. The molecule has 1 fully saturated rings. The van der Waals surface area contributed by atoms with Gasteiger partial charge in [0.1, 0.15) is 11.3 Å². The Labute approximate surface area is 141 Å². The number of aliphatic hydroxyl groups is 1. The highest BCUT2D eigenvalue weighted by atomic mass is 32.2. The molecule has 7 heteroatoms. The summed E-state index contributed by atoms with van der Waals surface area (Å²) in [6, 6.07) is 5.31. The summed E-state index contributed by atoms with van der Waals surface area (Å²) in [5.41, 5.74) is 0.207. The number of carbonyl (C=O) groups is 1. The first-order chi connectivity index (χ1) is 11.1. The Morgan fingerprint density at radius 3 is 2.65 bits per heavy atom. The van der Waals surface area contributed by atoms with Gasteiger partial charge in [0.2, 0.25) is 0 Å². The Balaban J connectivity index is 1.93. The van der Waals surface area contributed by atoms with Crippen molar-refractivity contribution in [3.8, 4) is 5.75 Å². The van der Waals surface area contributed by atoms with Crippen LogP contribution in [0.4, 0.5) is 0 Å². The maximum absolute atomic E-state index is 11.4. The summed E-state index contributed by atoms with van der Waals surface area (Å²) in [6.45, 7) is 7.23. The van der Waals surface area contributed by atoms with Crippen LogP contribution in [-0.4, -0.2) is 71.3 Å². The van der Waals surface area contributed by atoms with E-state index in [4.69, 9.17) is 9.84 Å². The first kappa shape index (κ1) is 18.1. The molecule has 128 valence electrons. The van der Waals surface area contributed by atoms with E-state index in [1.807, 2.05) is 13.0 Å². The number of benzene rings is 1. The second kappa shape index (κ2) is 9.12. The minimum Gasteiger partial charge on any atom is -0.493 e. The standard InChI is InChI=1S/C16H24N2O4S/c1-2-22-15-5-4-13(12-14(15)16(20)21)23-18-9-7-17(8-10-18)6-3-11-19/h4-5,12,19H,2-3,6-11H2,1H3,(H,20,21). The van der Waals surface area contributed by atoms with Crippen LogP contribution in [0.3, 0.4) is 0 Å². The van der Waals surface area contributed by atoms with Crippen LogP contribution in [0.1, 0.15) is 23.7 Å². The molecule has 0 amide bonds. The molecule has 2 N–H and O–H groups in total. The highest BCUT2D eigenvalue weighted by molar-refractivity contribution is 7.97. The summed E-state index contributed by atoms with van der Waals surface area (Å²) in [4.78, 5) is 14.6. The third-order valence-corrected chi connectivity index (χ3v) is 4.77. The average molecular weight is 340 g/mol. The number of aromatic carboxylic acids is 1. The van der Waals surface area contributed by atoms with Crippen molar-refractivity contribution < 1.29 is 19.7 Å². The van der Waals surface area contributed by atoms with Crippen LogP contribution in [0.5, 0.6) is 5.75 Å². The van der Waals surface area contributed by atoms with Crippen molar-refractivity contribution in [1.82, 2.24) is 9.21 Å². The second-order valence-corrected chi connectivity index (χ2v) is 6.51. The lowest BCUT2D eigenvalue weighted by Crippen LogP contribution is -2.43. The average Bonchev–Trinajstić information content (AvgIpc) is 2.55. The van der Waals surface area contributed by atoms with Gasteiger partial charge >= 0.3 is 5.97 Å². The Hall–Kier alpha value is -1.28. The molecule has 1 aromatic rings. The molecule has 0 spiro atoms. The van der Waals surface area contributed by atoms with E-state index < -0.39 is 5.97 Å². The maximum atomic E-state index is 11.4. The fourth-order valence-electron chi connectivity index (χ4n) is 2.50. The summed E-state index contributed by atoms with van der Waals surface area (Å²) in [5, 5.41) is 18.2. The highest BCUT2D eigenvalue weighted by Crippen LogP contribution is 2.29. The van der Waals surface area contributed by atoms with Crippen molar-refractivity contribution in [2.75, 3.05) is 45.9 Å². The van der Waals surface area contributed by atoms with E-state index >= 15 is 0 Å². The molecule has 0 atom stereocenters. The van der Waals surface area contributed by atoms with Gasteiger partial charge in [0.15, 0.2) is 0 Å². The van der Waals surface area contributed by atoms with Gasteiger partial charge in [0.25, 0.3) is 0 Å². The number of hydrogen-bond acceptors (Lipinski definition) is 6. The Morgan fingerprint density at radius 1 is 1.30 bits per heavy atom. The van der Waals surface area contributed by atoms with Crippen LogP contribution >= 0.6 is 11.9 Å². The molecule has 0 aromatic heterocycles. The van der Waals surface area contributed by atoms with Crippen molar-refractivity contribution in [3.05, 3.63) is 23.8 Å². The van der Waals surface area contributed by atoms with Crippen LogP contribution in [-0.2, 0) is 0 Å². The minimum atomic E-state index is -0.968. The lowest BCUT2D eigenvalue weighted by molar-refractivity contribution is 0.0692. The predicted octanol–water partition coefficient (Wildman–Crippen LogP) is 1.79.